The standard InChI is InChI=1S/C17H30N4O3.HI/c1-5-18-15(19-10-14(23)24-16(2,3)4)21-8-6-7-17(12-21)9-13(22)20-11-17;/h5-12H2,1-4H3,(H,18,19)(H,20,22);1H. The summed E-state index contributed by atoms with van der Waals surface area (Å²) in [5.74, 6) is 0.525. The molecular weight excluding hydrogens is 435 g/mol. The van der Waals surface area contributed by atoms with Gasteiger partial charge in [0.2, 0.25) is 5.91 Å². The second-order valence-corrected chi connectivity index (χ2v) is 7.74. The first-order chi connectivity index (χ1) is 11.2. The number of carbonyl (C=O) groups is 2. The summed E-state index contributed by atoms with van der Waals surface area (Å²) in [7, 11) is 0. The highest BCUT2D eigenvalue weighted by Gasteiger charge is 2.42. The lowest BCUT2D eigenvalue weighted by atomic mass is 9.79. The summed E-state index contributed by atoms with van der Waals surface area (Å²) in [5, 5.41) is 6.20. The van der Waals surface area contributed by atoms with Crippen molar-refractivity contribution in [3.63, 3.8) is 0 Å². The number of halogens is 1. The van der Waals surface area contributed by atoms with Gasteiger partial charge in [-0.25, -0.2) is 4.99 Å². The molecule has 2 heterocycles. The van der Waals surface area contributed by atoms with E-state index < -0.39 is 5.60 Å². The van der Waals surface area contributed by atoms with Crippen molar-refractivity contribution in [3.05, 3.63) is 0 Å². The molecule has 1 atom stereocenters. The monoisotopic (exact) mass is 466 g/mol. The lowest BCUT2D eigenvalue weighted by Crippen LogP contribution is -2.51. The van der Waals surface area contributed by atoms with E-state index in [-0.39, 0.29) is 47.8 Å². The molecule has 144 valence electrons. The number of carbonyl (C=O) groups excluding carboxylic acids is 2. The Morgan fingerprint density at radius 3 is 2.72 bits per heavy atom. The number of piperidine rings is 1. The third kappa shape index (κ3) is 6.63. The van der Waals surface area contributed by atoms with Gasteiger partial charge >= 0.3 is 5.97 Å². The van der Waals surface area contributed by atoms with Gasteiger partial charge in [0.1, 0.15) is 12.1 Å². The average molecular weight is 466 g/mol. The maximum absolute atomic E-state index is 11.9. The molecule has 7 nitrogen and oxygen atoms in total. The molecule has 0 aromatic heterocycles. The van der Waals surface area contributed by atoms with E-state index >= 15 is 0 Å². The van der Waals surface area contributed by atoms with Crippen molar-refractivity contribution < 1.29 is 14.3 Å². The van der Waals surface area contributed by atoms with Crippen LogP contribution in [0.2, 0.25) is 0 Å². The van der Waals surface area contributed by atoms with E-state index in [9.17, 15) is 9.59 Å². The molecule has 2 saturated heterocycles. The van der Waals surface area contributed by atoms with Crippen LogP contribution in [-0.4, -0.2) is 61.1 Å². The number of hydrogen-bond donors (Lipinski definition) is 2. The molecule has 0 bridgehead atoms. The largest absolute Gasteiger partial charge is 0.459 e. The Morgan fingerprint density at radius 1 is 1.44 bits per heavy atom. The van der Waals surface area contributed by atoms with Crippen molar-refractivity contribution in [1.82, 2.24) is 15.5 Å². The number of ether oxygens (including phenoxy) is 1. The van der Waals surface area contributed by atoms with Gasteiger partial charge in [-0.1, -0.05) is 0 Å². The summed E-state index contributed by atoms with van der Waals surface area (Å²) < 4.78 is 5.31. The van der Waals surface area contributed by atoms with E-state index in [1.807, 2.05) is 27.7 Å². The lowest BCUT2D eigenvalue weighted by Gasteiger charge is -2.40. The zero-order valence-corrected chi connectivity index (χ0v) is 18.0. The number of nitrogens with zero attached hydrogens (tertiary/aromatic N) is 2. The summed E-state index contributed by atoms with van der Waals surface area (Å²) >= 11 is 0. The highest BCUT2D eigenvalue weighted by Crippen LogP contribution is 2.35. The van der Waals surface area contributed by atoms with Crippen molar-refractivity contribution in [3.8, 4) is 0 Å². The first kappa shape index (κ1) is 22.0. The van der Waals surface area contributed by atoms with Crippen LogP contribution in [0.25, 0.3) is 0 Å². The molecule has 2 rings (SSSR count). The quantitative estimate of drug-likeness (QED) is 0.285. The normalized spacial score (nSPS) is 23.9. The molecule has 0 radical (unpaired) electrons. The Morgan fingerprint density at radius 2 is 2.16 bits per heavy atom. The molecule has 8 heteroatoms. The average Bonchev–Trinajstić information content (AvgIpc) is 2.82. The molecule has 25 heavy (non-hydrogen) atoms. The SMILES string of the molecule is CCNC(=NCC(=O)OC(C)(C)C)N1CCCC2(CNC(=O)C2)C1.I. The molecule has 1 spiro atoms. The first-order valence-electron chi connectivity index (χ1n) is 8.75. The van der Waals surface area contributed by atoms with E-state index in [2.05, 4.69) is 20.5 Å². The number of guanidine groups is 1. The van der Waals surface area contributed by atoms with E-state index in [4.69, 9.17) is 4.74 Å². The Bertz CT molecular complexity index is 519. The summed E-state index contributed by atoms with van der Waals surface area (Å²) in [5.41, 5.74) is -0.506. The van der Waals surface area contributed by atoms with Crippen molar-refractivity contribution in [1.29, 1.82) is 0 Å². The van der Waals surface area contributed by atoms with Crippen LogP contribution in [0.1, 0.15) is 47.0 Å². The second-order valence-electron chi connectivity index (χ2n) is 7.74. The van der Waals surface area contributed by atoms with Gasteiger partial charge in [0.25, 0.3) is 0 Å². The Balaban J connectivity index is 0.00000312. The van der Waals surface area contributed by atoms with Gasteiger partial charge in [0.05, 0.1) is 0 Å². The molecular formula is C17H31IN4O3. The zero-order valence-electron chi connectivity index (χ0n) is 15.7. The van der Waals surface area contributed by atoms with Gasteiger partial charge in [-0.15, -0.1) is 24.0 Å². The fourth-order valence-electron chi connectivity index (χ4n) is 3.37. The maximum Gasteiger partial charge on any atom is 0.328 e. The summed E-state index contributed by atoms with van der Waals surface area (Å²) in [6.07, 6.45) is 2.65. The lowest BCUT2D eigenvalue weighted by molar-refractivity contribution is -0.152. The van der Waals surface area contributed by atoms with E-state index in [1.54, 1.807) is 0 Å². The number of likely N-dealkylation sites (tertiary alicyclic amines) is 1. The van der Waals surface area contributed by atoms with Crippen LogP contribution >= 0.6 is 24.0 Å². The molecule has 0 aromatic rings. The van der Waals surface area contributed by atoms with Crippen LogP contribution in [0.4, 0.5) is 0 Å². The third-order valence-corrected chi connectivity index (χ3v) is 4.27. The Kier molecular flexibility index (Phi) is 7.95. The first-order valence-corrected chi connectivity index (χ1v) is 8.75. The molecule has 0 aliphatic carbocycles. The second kappa shape index (κ2) is 9.05. The molecule has 2 N–H and O–H groups in total. The topological polar surface area (TPSA) is 83.0 Å². The number of rotatable bonds is 3. The van der Waals surface area contributed by atoms with E-state index in [0.717, 1.165) is 45.0 Å². The number of amides is 1. The minimum atomic E-state index is -0.504. The minimum absolute atomic E-state index is 0. The van der Waals surface area contributed by atoms with Gasteiger partial charge in [0, 0.05) is 38.0 Å². The van der Waals surface area contributed by atoms with Crippen LogP contribution in [0.15, 0.2) is 4.99 Å². The smallest absolute Gasteiger partial charge is 0.328 e. The van der Waals surface area contributed by atoms with Crippen molar-refractivity contribution in [2.24, 2.45) is 10.4 Å². The fourth-order valence-corrected chi connectivity index (χ4v) is 3.37. The molecule has 1 unspecified atom stereocenters. The van der Waals surface area contributed by atoms with Crippen LogP contribution < -0.4 is 10.6 Å². The van der Waals surface area contributed by atoms with Gasteiger partial charge in [-0.3, -0.25) is 9.59 Å². The molecule has 2 aliphatic heterocycles. The molecule has 0 aromatic carbocycles. The third-order valence-electron chi connectivity index (χ3n) is 4.27. The van der Waals surface area contributed by atoms with Crippen molar-refractivity contribution in [2.45, 2.75) is 52.6 Å². The zero-order chi connectivity index (χ0) is 17.8. The summed E-state index contributed by atoms with van der Waals surface area (Å²) in [6, 6.07) is 0. The molecule has 2 aliphatic rings. The van der Waals surface area contributed by atoms with Crippen molar-refractivity contribution in [2.75, 3.05) is 32.7 Å². The van der Waals surface area contributed by atoms with Gasteiger partial charge in [0.15, 0.2) is 5.96 Å². The van der Waals surface area contributed by atoms with Crippen molar-refractivity contribution >= 4 is 41.8 Å². The predicted octanol–water partition coefficient (Wildman–Crippen LogP) is 1.51. The van der Waals surface area contributed by atoms with Crippen LogP contribution in [0.3, 0.4) is 0 Å². The molecule has 2 fully saturated rings. The number of nitrogens with one attached hydrogen (secondary N) is 2. The van der Waals surface area contributed by atoms with Gasteiger partial charge in [-0.2, -0.15) is 0 Å². The number of aliphatic imine (C=N–C) groups is 1. The Labute approximate surface area is 167 Å². The van der Waals surface area contributed by atoms with Gasteiger partial charge in [-0.05, 0) is 40.5 Å². The predicted molar refractivity (Wildman–Crippen MR) is 108 cm³/mol. The summed E-state index contributed by atoms with van der Waals surface area (Å²) in [4.78, 5) is 30.2. The summed E-state index contributed by atoms with van der Waals surface area (Å²) in [6.45, 7) is 10.7. The van der Waals surface area contributed by atoms with Crippen LogP contribution in [0, 0.1) is 5.41 Å². The maximum atomic E-state index is 11.9. The van der Waals surface area contributed by atoms with E-state index in [0.29, 0.717) is 6.42 Å². The number of esters is 1. The molecule has 0 saturated carbocycles. The molecule has 1 amide bonds. The van der Waals surface area contributed by atoms with E-state index in [1.165, 1.54) is 0 Å². The number of hydrogen-bond acceptors (Lipinski definition) is 4. The fraction of sp³-hybridized carbons (Fsp3) is 0.824. The minimum Gasteiger partial charge on any atom is -0.459 e. The highest BCUT2D eigenvalue weighted by atomic mass is 127. The highest BCUT2D eigenvalue weighted by molar-refractivity contribution is 14.0. The van der Waals surface area contributed by atoms with Crippen LogP contribution in [-0.2, 0) is 14.3 Å². The van der Waals surface area contributed by atoms with Crippen LogP contribution in [0.5, 0.6) is 0 Å². The Hall–Kier alpha value is -1.06. The van der Waals surface area contributed by atoms with Gasteiger partial charge < -0.3 is 20.3 Å².